The van der Waals surface area contributed by atoms with Gasteiger partial charge < -0.3 is 30.2 Å². The van der Waals surface area contributed by atoms with Crippen LogP contribution in [0.1, 0.15) is 23.2 Å². The van der Waals surface area contributed by atoms with Gasteiger partial charge in [0.25, 0.3) is 0 Å². The Hall–Kier alpha value is -5.03. The number of piperidine rings is 1. The number of ketones is 1. The number of pyridine rings is 1. The largest absolute Gasteiger partial charge is 0.493 e. The van der Waals surface area contributed by atoms with E-state index in [-0.39, 0.29) is 23.8 Å². The third-order valence-corrected chi connectivity index (χ3v) is 7.04. The van der Waals surface area contributed by atoms with E-state index in [1.54, 1.807) is 61.8 Å². The van der Waals surface area contributed by atoms with Crippen LogP contribution in [0.4, 0.5) is 10.1 Å². The minimum atomic E-state index is -1.04. The second kappa shape index (κ2) is 13.8. The van der Waals surface area contributed by atoms with Gasteiger partial charge in [0.05, 0.1) is 25.8 Å². The van der Waals surface area contributed by atoms with Crippen molar-refractivity contribution in [1.82, 2.24) is 15.6 Å². The van der Waals surface area contributed by atoms with Gasteiger partial charge in [-0.15, -0.1) is 0 Å². The molecule has 222 valence electrons. The van der Waals surface area contributed by atoms with Gasteiger partial charge in [0.15, 0.2) is 28.8 Å². The molecule has 0 radical (unpaired) electrons. The lowest BCUT2D eigenvalue weighted by Gasteiger charge is -2.23. The Morgan fingerprint density at radius 1 is 0.930 bits per heavy atom. The predicted molar refractivity (Wildman–Crippen MR) is 158 cm³/mol. The summed E-state index contributed by atoms with van der Waals surface area (Å²) in [6.07, 6.45) is 3.64. The van der Waals surface area contributed by atoms with Crippen molar-refractivity contribution in [3.63, 3.8) is 0 Å². The van der Waals surface area contributed by atoms with Crippen LogP contribution in [0.5, 0.6) is 23.0 Å². The van der Waals surface area contributed by atoms with Gasteiger partial charge in [0.1, 0.15) is 5.75 Å². The Bertz CT molecular complexity index is 1630. The molecule has 0 saturated carbocycles. The zero-order valence-electron chi connectivity index (χ0n) is 23.5. The molecule has 5 rings (SSSR count). The lowest BCUT2D eigenvalue weighted by atomic mass is 9.99. The Morgan fingerprint density at radius 2 is 1.72 bits per heavy atom. The van der Waals surface area contributed by atoms with Crippen LogP contribution in [0.25, 0.3) is 10.9 Å². The van der Waals surface area contributed by atoms with Crippen LogP contribution < -0.4 is 30.2 Å². The molecule has 1 saturated heterocycles. The molecule has 0 aliphatic carbocycles. The van der Waals surface area contributed by atoms with Crippen LogP contribution in [0, 0.1) is 11.7 Å². The normalized spacial score (nSPS) is 13.3. The van der Waals surface area contributed by atoms with Gasteiger partial charge in [-0.25, -0.2) is 4.39 Å². The summed E-state index contributed by atoms with van der Waals surface area (Å²) in [5, 5.41) is 8.52. The van der Waals surface area contributed by atoms with Crippen LogP contribution >= 0.6 is 0 Å². The summed E-state index contributed by atoms with van der Waals surface area (Å²) < 4.78 is 32.6. The zero-order valence-corrected chi connectivity index (χ0v) is 23.5. The van der Waals surface area contributed by atoms with Gasteiger partial charge in [-0.3, -0.25) is 19.4 Å². The Labute approximate surface area is 247 Å². The highest BCUT2D eigenvalue weighted by Gasteiger charge is 2.19. The highest BCUT2D eigenvalue weighted by atomic mass is 19.1. The Kier molecular flexibility index (Phi) is 9.42. The lowest BCUT2D eigenvalue weighted by molar-refractivity contribution is -0.136. The smallest absolute Gasteiger partial charge is 0.313 e. The summed E-state index contributed by atoms with van der Waals surface area (Å²) in [7, 11) is 1.55. The average Bonchev–Trinajstić information content (AvgIpc) is 3.04. The maximum Gasteiger partial charge on any atom is 0.313 e. The molecular formula is C32H31FN4O6. The van der Waals surface area contributed by atoms with Crippen molar-refractivity contribution in [2.45, 2.75) is 12.8 Å². The minimum Gasteiger partial charge on any atom is -0.493 e. The van der Waals surface area contributed by atoms with Gasteiger partial charge >= 0.3 is 11.8 Å². The van der Waals surface area contributed by atoms with E-state index >= 15 is 4.39 Å². The number of ether oxygens (including phenoxy) is 3. The van der Waals surface area contributed by atoms with Crippen LogP contribution in [0.2, 0.25) is 0 Å². The second-order valence-electron chi connectivity index (χ2n) is 10.0. The van der Waals surface area contributed by atoms with Crippen LogP contribution in [-0.2, 0) is 9.59 Å². The molecule has 11 heteroatoms. The molecule has 1 aromatic heterocycles. The molecule has 0 unspecified atom stereocenters. The number of carbonyl (C=O) groups is 3. The number of carbonyl (C=O) groups excluding carboxylic acids is 3. The molecule has 0 spiro atoms. The summed E-state index contributed by atoms with van der Waals surface area (Å²) in [4.78, 5) is 41.1. The number of methoxy groups -OCH3 is 1. The molecule has 0 bridgehead atoms. The molecule has 1 fully saturated rings. The molecular weight excluding hydrogens is 555 g/mol. The van der Waals surface area contributed by atoms with Crippen molar-refractivity contribution in [1.29, 1.82) is 0 Å². The first kappa shape index (κ1) is 29.5. The van der Waals surface area contributed by atoms with Crippen molar-refractivity contribution in [3.05, 3.63) is 84.3 Å². The number of anilines is 1. The van der Waals surface area contributed by atoms with Crippen molar-refractivity contribution in [3.8, 4) is 23.0 Å². The number of rotatable bonds is 10. The van der Waals surface area contributed by atoms with E-state index in [2.05, 4.69) is 20.9 Å². The van der Waals surface area contributed by atoms with Crippen molar-refractivity contribution in [2.24, 2.45) is 5.92 Å². The highest BCUT2D eigenvalue weighted by Crippen LogP contribution is 2.38. The fourth-order valence-electron chi connectivity index (χ4n) is 4.68. The molecule has 0 atom stereocenters. The number of hydrogen-bond donors (Lipinski definition) is 3. The maximum absolute atomic E-state index is 15.0. The van der Waals surface area contributed by atoms with Crippen molar-refractivity contribution < 1.29 is 33.0 Å². The summed E-state index contributed by atoms with van der Waals surface area (Å²) >= 11 is 0. The second-order valence-corrected chi connectivity index (χ2v) is 10.0. The quantitative estimate of drug-likeness (QED) is 0.183. The van der Waals surface area contributed by atoms with Gasteiger partial charge in [-0.1, -0.05) is 30.3 Å². The number of fused-ring (bicyclic) bond motifs is 1. The fourth-order valence-corrected chi connectivity index (χ4v) is 4.68. The Morgan fingerprint density at radius 3 is 2.47 bits per heavy atom. The third kappa shape index (κ3) is 7.44. The molecule has 1 aliphatic heterocycles. The summed E-state index contributed by atoms with van der Waals surface area (Å²) in [6.45, 7) is 2.17. The van der Waals surface area contributed by atoms with Crippen LogP contribution in [-0.4, -0.2) is 55.9 Å². The lowest BCUT2D eigenvalue weighted by Crippen LogP contribution is -2.38. The van der Waals surface area contributed by atoms with Crippen LogP contribution in [0.15, 0.2) is 72.9 Å². The molecule has 4 aromatic rings. The standard InChI is InChI=1S/C32H31FN4O6/c1-41-29-16-23-25(17-30(29)42-19-20-9-12-34-13-10-20)35-14-11-27(23)43-28-8-7-22(15-24(28)33)37-32(40)31(39)36-18-26(38)21-5-3-2-4-6-21/h2-8,11,14-17,20,34H,9-10,12-13,18-19H2,1H3,(H,36,39)(H,37,40). The van der Waals surface area contributed by atoms with E-state index in [0.29, 0.717) is 46.2 Å². The van der Waals surface area contributed by atoms with E-state index in [0.717, 1.165) is 32.0 Å². The van der Waals surface area contributed by atoms with Crippen LogP contribution in [0.3, 0.4) is 0 Å². The first-order valence-corrected chi connectivity index (χ1v) is 13.9. The monoisotopic (exact) mass is 586 g/mol. The predicted octanol–water partition coefficient (Wildman–Crippen LogP) is 4.49. The molecule has 1 aliphatic rings. The van der Waals surface area contributed by atoms with Gasteiger partial charge in [0.2, 0.25) is 0 Å². The average molecular weight is 587 g/mol. The minimum absolute atomic E-state index is 0.0381. The number of hydrogen-bond acceptors (Lipinski definition) is 8. The number of Topliss-reactive ketones (excluding diaryl/α,β-unsaturated/α-hetero) is 1. The first-order chi connectivity index (χ1) is 20.9. The maximum atomic E-state index is 15.0. The summed E-state index contributed by atoms with van der Waals surface area (Å²) in [6, 6.07) is 17.2. The summed E-state index contributed by atoms with van der Waals surface area (Å²) in [5.74, 6) is -1.42. The molecule has 43 heavy (non-hydrogen) atoms. The van der Waals surface area contributed by atoms with E-state index in [4.69, 9.17) is 14.2 Å². The molecule has 10 nitrogen and oxygen atoms in total. The molecule has 3 N–H and O–H groups in total. The molecule has 2 amide bonds. The van der Waals surface area contributed by atoms with Gasteiger partial charge in [0, 0.05) is 35.0 Å². The topological polar surface area (TPSA) is 128 Å². The fraction of sp³-hybridized carbons (Fsp3) is 0.250. The van der Waals surface area contributed by atoms with Gasteiger partial charge in [-0.05, 0) is 56.1 Å². The van der Waals surface area contributed by atoms with Gasteiger partial charge in [-0.2, -0.15) is 0 Å². The number of amides is 2. The molecule has 3 aromatic carbocycles. The SMILES string of the molecule is COc1cc2c(Oc3ccc(NC(=O)C(=O)NCC(=O)c4ccccc4)cc3F)ccnc2cc1OCC1CCNCC1. The number of nitrogens with one attached hydrogen (secondary N) is 3. The highest BCUT2D eigenvalue weighted by molar-refractivity contribution is 6.40. The Balaban J connectivity index is 1.23. The van der Waals surface area contributed by atoms with Crippen molar-refractivity contribution >= 4 is 34.2 Å². The van der Waals surface area contributed by atoms with E-state index in [9.17, 15) is 14.4 Å². The van der Waals surface area contributed by atoms with E-state index in [1.165, 1.54) is 12.1 Å². The van der Waals surface area contributed by atoms with E-state index < -0.39 is 17.6 Å². The van der Waals surface area contributed by atoms with E-state index in [1.807, 2.05) is 0 Å². The number of aromatic nitrogens is 1. The number of nitrogens with zero attached hydrogens (tertiary/aromatic N) is 1. The first-order valence-electron chi connectivity index (χ1n) is 13.9. The number of halogens is 1. The molecule has 2 heterocycles. The zero-order chi connectivity index (χ0) is 30.2. The van der Waals surface area contributed by atoms with Crippen molar-refractivity contribution in [2.75, 3.05) is 38.7 Å². The number of benzene rings is 3. The third-order valence-electron chi connectivity index (χ3n) is 7.04. The summed E-state index contributed by atoms with van der Waals surface area (Å²) in [5.41, 5.74) is 1.03.